The number of esters is 1. The largest absolute Gasteiger partial charge is 0.426 e. The van der Waals surface area contributed by atoms with Gasteiger partial charge in [-0.1, -0.05) is 26.2 Å². The van der Waals surface area contributed by atoms with Gasteiger partial charge in [0.1, 0.15) is 17.6 Å². The molecule has 1 aromatic rings. The van der Waals surface area contributed by atoms with Gasteiger partial charge in [0.15, 0.2) is 0 Å². The van der Waals surface area contributed by atoms with Crippen LogP contribution in [0.4, 0.5) is 4.39 Å². The molecular formula is C14H16FNO2. The van der Waals surface area contributed by atoms with E-state index >= 15 is 0 Å². The number of carbonyl (C=O) groups excluding carboxylic acids is 1. The van der Waals surface area contributed by atoms with Crippen LogP contribution in [0.1, 0.15) is 44.6 Å². The van der Waals surface area contributed by atoms with Crippen molar-refractivity contribution in [3.8, 4) is 11.8 Å². The summed E-state index contributed by atoms with van der Waals surface area (Å²) < 4.78 is 18.2. The Labute approximate surface area is 106 Å². The van der Waals surface area contributed by atoms with E-state index in [1.54, 1.807) is 6.07 Å². The zero-order valence-corrected chi connectivity index (χ0v) is 10.4. The lowest BCUT2D eigenvalue weighted by Crippen LogP contribution is -2.07. The molecule has 0 aliphatic heterocycles. The summed E-state index contributed by atoms with van der Waals surface area (Å²) in [5.41, 5.74) is -0.0576. The van der Waals surface area contributed by atoms with E-state index in [0.717, 1.165) is 31.7 Å². The summed E-state index contributed by atoms with van der Waals surface area (Å²) in [6.45, 7) is 2.10. The summed E-state index contributed by atoms with van der Waals surface area (Å²) in [7, 11) is 0. The van der Waals surface area contributed by atoms with Gasteiger partial charge in [0.25, 0.3) is 0 Å². The SMILES string of the molecule is CCCCCCC(=O)Oc1ccc(C#N)c(F)c1. The molecule has 3 nitrogen and oxygen atoms in total. The molecule has 0 aromatic heterocycles. The minimum absolute atomic E-state index is 0.0576. The number of rotatable bonds is 6. The van der Waals surface area contributed by atoms with Crippen LogP contribution in [0.3, 0.4) is 0 Å². The number of nitrogens with zero attached hydrogens (tertiary/aromatic N) is 1. The van der Waals surface area contributed by atoms with Crippen molar-refractivity contribution in [3.05, 3.63) is 29.6 Å². The van der Waals surface area contributed by atoms with Gasteiger partial charge < -0.3 is 4.74 Å². The molecular weight excluding hydrogens is 233 g/mol. The smallest absolute Gasteiger partial charge is 0.311 e. The molecule has 0 N–H and O–H groups in total. The van der Waals surface area contributed by atoms with Crippen LogP contribution in [0.15, 0.2) is 18.2 Å². The molecule has 0 aliphatic rings. The van der Waals surface area contributed by atoms with Crippen LogP contribution in [-0.2, 0) is 4.79 Å². The Bertz CT molecular complexity index is 452. The van der Waals surface area contributed by atoms with Gasteiger partial charge in [0.05, 0.1) is 5.56 Å². The van der Waals surface area contributed by atoms with Gasteiger partial charge in [-0.25, -0.2) is 4.39 Å². The Hall–Kier alpha value is -1.89. The van der Waals surface area contributed by atoms with Gasteiger partial charge in [-0.2, -0.15) is 5.26 Å². The highest BCUT2D eigenvalue weighted by Gasteiger charge is 2.07. The Morgan fingerprint density at radius 1 is 1.39 bits per heavy atom. The number of hydrogen-bond acceptors (Lipinski definition) is 3. The fourth-order valence-corrected chi connectivity index (χ4v) is 1.53. The van der Waals surface area contributed by atoms with E-state index in [1.165, 1.54) is 12.1 Å². The molecule has 0 atom stereocenters. The molecule has 0 spiro atoms. The standard InChI is InChI=1S/C14H16FNO2/c1-2-3-4-5-6-14(17)18-12-8-7-11(10-16)13(15)9-12/h7-9H,2-6H2,1H3. The van der Waals surface area contributed by atoms with Crippen molar-refractivity contribution in [1.29, 1.82) is 5.26 Å². The maximum Gasteiger partial charge on any atom is 0.311 e. The minimum atomic E-state index is -0.672. The third kappa shape index (κ3) is 4.54. The van der Waals surface area contributed by atoms with Gasteiger partial charge in [-0.3, -0.25) is 4.79 Å². The third-order valence-electron chi connectivity index (χ3n) is 2.53. The van der Waals surface area contributed by atoms with Crippen molar-refractivity contribution in [3.63, 3.8) is 0 Å². The van der Waals surface area contributed by atoms with Crippen LogP contribution >= 0.6 is 0 Å². The summed E-state index contributed by atoms with van der Waals surface area (Å²) in [4.78, 5) is 11.4. The lowest BCUT2D eigenvalue weighted by Gasteiger charge is -2.04. The first-order valence-corrected chi connectivity index (χ1v) is 6.07. The Morgan fingerprint density at radius 3 is 2.78 bits per heavy atom. The average molecular weight is 249 g/mol. The number of unbranched alkanes of at least 4 members (excludes halogenated alkanes) is 3. The van der Waals surface area contributed by atoms with Crippen molar-refractivity contribution in [2.45, 2.75) is 39.0 Å². The van der Waals surface area contributed by atoms with E-state index in [-0.39, 0.29) is 17.3 Å². The number of ether oxygens (including phenoxy) is 1. The van der Waals surface area contributed by atoms with E-state index in [1.807, 2.05) is 0 Å². The van der Waals surface area contributed by atoms with Crippen LogP contribution in [-0.4, -0.2) is 5.97 Å². The molecule has 96 valence electrons. The van der Waals surface area contributed by atoms with E-state index in [4.69, 9.17) is 10.00 Å². The highest BCUT2D eigenvalue weighted by atomic mass is 19.1. The Kier molecular flexibility index (Phi) is 5.86. The van der Waals surface area contributed by atoms with Crippen LogP contribution in [0.5, 0.6) is 5.75 Å². The van der Waals surface area contributed by atoms with E-state index < -0.39 is 5.82 Å². The third-order valence-corrected chi connectivity index (χ3v) is 2.53. The van der Waals surface area contributed by atoms with Gasteiger partial charge in [0.2, 0.25) is 0 Å². The molecule has 0 saturated heterocycles. The molecule has 4 heteroatoms. The summed E-state index contributed by atoms with van der Waals surface area (Å²) in [6.07, 6.45) is 4.31. The van der Waals surface area contributed by atoms with Crippen molar-refractivity contribution in [2.75, 3.05) is 0 Å². The molecule has 0 fully saturated rings. The molecule has 0 unspecified atom stereocenters. The molecule has 0 aliphatic carbocycles. The summed E-state index contributed by atoms with van der Waals surface area (Å²) in [5.74, 6) is -0.893. The lowest BCUT2D eigenvalue weighted by atomic mass is 10.1. The molecule has 1 rings (SSSR count). The van der Waals surface area contributed by atoms with Crippen molar-refractivity contribution in [1.82, 2.24) is 0 Å². The van der Waals surface area contributed by atoms with Crippen molar-refractivity contribution in [2.24, 2.45) is 0 Å². The number of hydrogen-bond donors (Lipinski definition) is 0. The summed E-state index contributed by atoms with van der Waals surface area (Å²) in [5, 5.41) is 8.56. The fraction of sp³-hybridized carbons (Fsp3) is 0.429. The number of benzene rings is 1. The molecule has 0 heterocycles. The van der Waals surface area contributed by atoms with Crippen LogP contribution in [0.2, 0.25) is 0 Å². The second-order valence-corrected chi connectivity index (χ2v) is 4.04. The monoisotopic (exact) mass is 249 g/mol. The molecule has 0 bridgehead atoms. The normalized spacial score (nSPS) is 9.83. The first-order chi connectivity index (χ1) is 8.67. The quantitative estimate of drug-likeness (QED) is 0.440. The Balaban J connectivity index is 2.45. The maximum absolute atomic E-state index is 13.2. The van der Waals surface area contributed by atoms with Gasteiger partial charge in [0, 0.05) is 12.5 Å². The van der Waals surface area contributed by atoms with Gasteiger partial charge in [-0.05, 0) is 18.6 Å². The molecule has 18 heavy (non-hydrogen) atoms. The van der Waals surface area contributed by atoms with E-state index in [2.05, 4.69) is 6.92 Å². The maximum atomic E-state index is 13.2. The zero-order valence-electron chi connectivity index (χ0n) is 10.4. The zero-order chi connectivity index (χ0) is 13.4. The lowest BCUT2D eigenvalue weighted by molar-refractivity contribution is -0.134. The molecule has 0 radical (unpaired) electrons. The average Bonchev–Trinajstić information content (AvgIpc) is 2.35. The number of halogens is 1. The second-order valence-electron chi connectivity index (χ2n) is 4.04. The number of nitriles is 1. The predicted octanol–water partition coefficient (Wildman–Crippen LogP) is 3.57. The summed E-state index contributed by atoms with van der Waals surface area (Å²) in [6, 6.07) is 5.49. The molecule has 0 amide bonds. The fourth-order valence-electron chi connectivity index (χ4n) is 1.53. The van der Waals surface area contributed by atoms with Gasteiger partial charge >= 0.3 is 5.97 Å². The second kappa shape index (κ2) is 7.44. The molecule has 0 saturated carbocycles. The van der Waals surface area contributed by atoms with Gasteiger partial charge in [-0.15, -0.1) is 0 Å². The minimum Gasteiger partial charge on any atom is -0.426 e. The van der Waals surface area contributed by atoms with Crippen LogP contribution < -0.4 is 4.74 Å². The topological polar surface area (TPSA) is 50.1 Å². The van der Waals surface area contributed by atoms with Crippen molar-refractivity contribution < 1.29 is 13.9 Å². The van der Waals surface area contributed by atoms with Crippen LogP contribution in [0.25, 0.3) is 0 Å². The molecule has 1 aromatic carbocycles. The highest BCUT2D eigenvalue weighted by molar-refractivity contribution is 5.72. The summed E-state index contributed by atoms with van der Waals surface area (Å²) >= 11 is 0. The van der Waals surface area contributed by atoms with E-state index in [0.29, 0.717) is 6.42 Å². The Morgan fingerprint density at radius 2 is 2.17 bits per heavy atom. The first-order valence-electron chi connectivity index (χ1n) is 6.07. The highest BCUT2D eigenvalue weighted by Crippen LogP contribution is 2.17. The van der Waals surface area contributed by atoms with Crippen LogP contribution in [0, 0.1) is 17.1 Å². The van der Waals surface area contributed by atoms with E-state index in [9.17, 15) is 9.18 Å². The van der Waals surface area contributed by atoms with Crippen molar-refractivity contribution >= 4 is 5.97 Å². The predicted molar refractivity (Wildman–Crippen MR) is 65.5 cm³/mol. The first kappa shape index (κ1) is 14.2. The number of carbonyl (C=O) groups is 1.